The Hall–Kier alpha value is -7.00. The summed E-state index contributed by atoms with van der Waals surface area (Å²) in [7, 11) is 10.1. The summed E-state index contributed by atoms with van der Waals surface area (Å²) in [6.07, 6.45) is 14.0. The number of ketones is 4. The second-order valence-electron chi connectivity index (χ2n) is 34.2. The first-order chi connectivity index (χ1) is 53.0. The standard InChI is InChI=1S/C87H129N3O22/c1-51-27-20-19-21-28-52(2)66(105-15)46-61-37-32-57(7)87(103,112-61)81(99)82(100)90-42-25-24-29-64(90)84(102)108-67(54(4)45-59-33-35-60(92)36-34-59)47-65(93)53(3)44-56(6)79(80(106-16)76(96)55(5)43-51)111-72(95)31-23-18-17-22-30-71(94)109-69-39-38-63-73-75(68(107-58(8)91)48-85(63,69)9)86(10)70(50-104-14)110-83(101)62(74(86)78(98)77(73)97)49-89(13)41-26-40-88(11)12/h19-21,27-28,44,49,51,53-55,57,59-61,63-64,66-70,79-80,92,98,103H,17-18,22-26,29-43,45-48,50H2,1-16H3/b21-19+,27-20+,52-28+,56-44+,62-49+/t51-,53-,54-,55-,57-,59-,60-,61+,63+,64+,66+,67+,68-,69+,70-,79-,80+,85+,86+,87-/m1/s1. The molecule has 25 nitrogen and oxygen atoms in total. The monoisotopic (exact) mass is 1570 g/mol. The number of ether oxygens (including phenoxy) is 9. The molecular weight excluding hydrogens is 1440 g/mol. The van der Waals surface area contributed by atoms with Gasteiger partial charge in [-0.15, -0.1) is 0 Å². The van der Waals surface area contributed by atoms with Gasteiger partial charge in [0, 0.05) is 115 Å². The summed E-state index contributed by atoms with van der Waals surface area (Å²) in [5, 5.41) is 34.7. The second kappa shape index (κ2) is 40.5. The molecule has 2 bridgehead atoms. The number of piperidine rings is 1. The summed E-state index contributed by atoms with van der Waals surface area (Å²) < 4.78 is 55.0. The van der Waals surface area contributed by atoms with Crippen molar-refractivity contribution in [2.75, 3.05) is 68.7 Å². The molecule has 1 amide bonds. The molecule has 0 unspecified atom stereocenters. The number of rotatable bonds is 22. The number of unbranched alkanes of at least 4 members (excludes halogenated alkanes) is 3. The van der Waals surface area contributed by atoms with E-state index in [0.717, 1.165) is 31.4 Å². The predicted molar refractivity (Wildman–Crippen MR) is 417 cm³/mol. The maximum atomic E-state index is 14.9. The molecule has 18 atom stereocenters. The topological polar surface area (TPSA) is 324 Å². The maximum Gasteiger partial charge on any atom is 0.340 e. The van der Waals surface area contributed by atoms with Gasteiger partial charge in [-0.25, -0.2) is 9.59 Å². The average Bonchev–Trinajstić information content (AvgIpc) is 1.21. The Morgan fingerprint density at radius 2 is 1.45 bits per heavy atom. The summed E-state index contributed by atoms with van der Waals surface area (Å²) >= 11 is 0. The SMILES string of the molecule is COC[C@H]1OC(=O)/C(=C/N(C)CCCN(C)C)C2=C(O)C(=O)C3=C([C@H](OC(C)=O)C[C@]4(C)[C@@H](OC(=O)CCCCCCC(=O)O[C@@H]5/C(C)=C/[C@@H](C)C(=O)C[C@@H]([C@H](C)C[C@H]6CC[C@H](O)CC6)OC(=O)[C@@H]6CCCCN6C(=O)C(=O)[C@]6(O)O[C@@H](CC[C@H]6C)C[C@H](OC)/C(C)=C/C=C/C=C/[C@@H](C)C[C@@H](C)C(=O)[C@@H]5OC)CC[C@@H]34)[C@]21C. The van der Waals surface area contributed by atoms with Gasteiger partial charge in [0.25, 0.3) is 11.7 Å². The van der Waals surface area contributed by atoms with Gasteiger partial charge in [-0.1, -0.05) is 90.8 Å². The molecule has 8 rings (SSSR count). The first kappa shape index (κ1) is 90.5. The highest BCUT2D eigenvalue weighted by Crippen LogP contribution is 2.64. The third kappa shape index (κ3) is 21.7. The number of hydrogen-bond acceptors (Lipinski definition) is 24. The lowest BCUT2D eigenvalue weighted by atomic mass is 9.53. The second-order valence-corrected chi connectivity index (χ2v) is 34.2. The van der Waals surface area contributed by atoms with Crippen LogP contribution >= 0.6 is 0 Å². The van der Waals surface area contributed by atoms with Crippen LogP contribution in [0.2, 0.25) is 0 Å². The number of esters is 5. The quantitative estimate of drug-likeness (QED) is 0.0226. The number of allylic oxidation sites excluding steroid dienone is 7. The largest absolute Gasteiger partial charge is 0.504 e. The van der Waals surface area contributed by atoms with Crippen LogP contribution in [0, 0.1) is 52.3 Å². The number of methoxy groups -OCH3 is 3. The minimum absolute atomic E-state index is 0.00953. The Morgan fingerprint density at radius 3 is 2.10 bits per heavy atom. The Balaban J connectivity index is 0.974. The van der Waals surface area contributed by atoms with Crippen molar-refractivity contribution in [3.8, 4) is 0 Å². The lowest BCUT2D eigenvalue weighted by Crippen LogP contribution is -2.61. The van der Waals surface area contributed by atoms with E-state index in [9.17, 15) is 63.3 Å². The Bertz CT molecular complexity index is 3620. The molecule has 0 aromatic heterocycles. The zero-order valence-electron chi connectivity index (χ0n) is 69.4. The van der Waals surface area contributed by atoms with E-state index < -0.39 is 154 Å². The van der Waals surface area contributed by atoms with Crippen LogP contribution < -0.4 is 0 Å². The van der Waals surface area contributed by atoms with Gasteiger partial charge in [-0.2, -0.15) is 0 Å². The van der Waals surface area contributed by atoms with Crippen LogP contribution in [0.3, 0.4) is 0 Å². The van der Waals surface area contributed by atoms with Crippen molar-refractivity contribution in [2.45, 2.75) is 284 Å². The molecule has 5 fully saturated rings. The van der Waals surface area contributed by atoms with E-state index in [1.165, 1.54) is 26.0 Å². The van der Waals surface area contributed by atoms with Gasteiger partial charge < -0.3 is 72.7 Å². The number of aliphatic hydroxyl groups is 3. The van der Waals surface area contributed by atoms with E-state index in [-0.39, 0.29) is 97.7 Å². The molecule has 4 aliphatic carbocycles. The van der Waals surface area contributed by atoms with Gasteiger partial charge in [0.05, 0.1) is 35.9 Å². The van der Waals surface area contributed by atoms with Crippen molar-refractivity contribution >= 4 is 58.9 Å². The van der Waals surface area contributed by atoms with Crippen molar-refractivity contribution < 1.29 is 106 Å². The molecule has 0 aromatic rings. The van der Waals surface area contributed by atoms with E-state index in [2.05, 4.69) is 0 Å². The van der Waals surface area contributed by atoms with Crippen molar-refractivity contribution in [1.29, 1.82) is 0 Å². The van der Waals surface area contributed by atoms with Crippen LogP contribution in [0.25, 0.3) is 0 Å². The summed E-state index contributed by atoms with van der Waals surface area (Å²) in [6.45, 7) is 18.8. The zero-order valence-corrected chi connectivity index (χ0v) is 69.4. The van der Waals surface area contributed by atoms with Crippen molar-refractivity contribution in [1.82, 2.24) is 14.7 Å². The van der Waals surface area contributed by atoms with Crippen LogP contribution in [-0.4, -0.2) is 224 Å². The number of cyclic esters (lactones) is 2. The van der Waals surface area contributed by atoms with Gasteiger partial charge in [-0.05, 0) is 191 Å². The van der Waals surface area contributed by atoms with E-state index in [4.69, 9.17) is 42.6 Å². The number of carbonyl (C=O) groups is 10. The predicted octanol–water partition coefficient (Wildman–Crippen LogP) is 11.1. The highest BCUT2D eigenvalue weighted by atomic mass is 16.6. The number of fused-ring (bicyclic) bond motifs is 7. The number of Topliss-reactive ketones (excluding diaryl/α,β-unsaturated/α-hetero) is 4. The molecule has 624 valence electrons. The third-order valence-corrected chi connectivity index (χ3v) is 25.2. The average molecular weight is 1570 g/mol. The van der Waals surface area contributed by atoms with Gasteiger partial charge >= 0.3 is 29.8 Å². The number of aliphatic hydroxyl groups excluding tert-OH is 2. The highest BCUT2D eigenvalue weighted by molar-refractivity contribution is 6.39. The van der Waals surface area contributed by atoms with Gasteiger partial charge in [0.15, 0.2) is 23.8 Å². The molecule has 3 N–H and O–H groups in total. The lowest BCUT2D eigenvalue weighted by Gasteiger charge is -2.54. The van der Waals surface area contributed by atoms with Crippen molar-refractivity contribution in [3.63, 3.8) is 0 Å². The Labute approximate surface area is 663 Å². The van der Waals surface area contributed by atoms with Crippen LogP contribution in [0.15, 0.2) is 81.9 Å². The fourth-order valence-electron chi connectivity index (χ4n) is 18.7. The molecule has 3 saturated heterocycles. The molecule has 8 aliphatic rings. The van der Waals surface area contributed by atoms with E-state index in [0.29, 0.717) is 108 Å². The molecule has 0 aromatic carbocycles. The van der Waals surface area contributed by atoms with Crippen molar-refractivity contribution in [2.24, 2.45) is 52.3 Å². The normalized spacial score (nSPS) is 35.9. The Kier molecular flexibility index (Phi) is 32.8. The van der Waals surface area contributed by atoms with Crippen LogP contribution in [0.1, 0.15) is 217 Å². The number of amides is 1. The zero-order chi connectivity index (χ0) is 82.3. The number of nitrogens with zero attached hydrogens (tertiary/aromatic N) is 3. The van der Waals surface area contributed by atoms with E-state index >= 15 is 0 Å². The smallest absolute Gasteiger partial charge is 0.340 e. The van der Waals surface area contributed by atoms with Crippen LogP contribution in [0.4, 0.5) is 0 Å². The molecule has 4 heterocycles. The summed E-state index contributed by atoms with van der Waals surface area (Å²) in [5.41, 5.74) is -0.354. The van der Waals surface area contributed by atoms with Crippen LogP contribution in [-0.2, 0) is 90.6 Å². The summed E-state index contributed by atoms with van der Waals surface area (Å²) in [4.78, 5) is 149. The number of carbonyl (C=O) groups excluding carboxylic acids is 10. The van der Waals surface area contributed by atoms with Gasteiger partial charge in [0.1, 0.15) is 36.2 Å². The lowest BCUT2D eigenvalue weighted by molar-refractivity contribution is -0.265. The minimum Gasteiger partial charge on any atom is -0.504 e. The van der Waals surface area contributed by atoms with Crippen LogP contribution in [0.5, 0.6) is 0 Å². The van der Waals surface area contributed by atoms with Crippen molar-refractivity contribution in [3.05, 3.63) is 81.9 Å². The molecule has 2 saturated carbocycles. The minimum atomic E-state index is -2.49. The number of hydrogen-bond donors (Lipinski definition) is 3. The van der Waals surface area contributed by atoms with Gasteiger partial charge in [-0.3, -0.25) is 38.4 Å². The molecule has 25 heteroatoms. The first-order valence-corrected chi connectivity index (χ1v) is 41.0. The third-order valence-electron chi connectivity index (χ3n) is 25.2. The van der Waals surface area contributed by atoms with Gasteiger partial charge in [0.2, 0.25) is 11.6 Å². The van der Waals surface area contributed by atoms with E-state index in [1.807, 2.05) is 82.0 Å². The molecule has 4 aliphatic heterocycles. The summed E-state index contributed by atoms with van der Waals surface area (Å²) in [5.74, 6) is -13.0. The molecular formula is C87H129N3O22. The molecule has 112 heavy (non-hydrogen) atoms. The first-order valence-electron chi connectivity index (χ1n) is 41.0. The maximum absolute atomic E-state index is 14.9. The van der Waals surface area contributed by atoms with E-state index in [1.54, 1.807) is 61.1 Å². The fourth-order valence-corrected chi connectivity index (χ4v) is 18.7. The molecule has 0 radical (unpaired) electrons. The fraction of sp³-hybridized carbons (Fsp3) is 0.724. The molecule has 0 spiro atoms. The highest BCUT2D eigenvalue weighted by Gasteiger charge is 2.65. The Morgan fingerprint density at radius 1 is 0.759 bits per heavy atom. The summed E-state index contributed by atoms with van der Waals surface area (Å²) in [6, 6.07) is -1.21.